The highest BCUT2D eigenvalue weighted by Crippen LogP contribution is 2.20. The van der Waals surface area contributed by atoms with Crippen LogP contribution in [0, 0.1) is 10.1 Å². The lowest BCUT2D eigenvalue weighted by atomic mass is 10.0. The fourth-order valence-electron chi connectivity index (χ4n) is 2.83. The molecule has 0 radical (unpaired) electrons. The maximum Gasteiger partial charge on any atom is 0.269 e. The molecular weight excluding hydrogens is 370 g/mol. The molecular formula is C22H19N3O4. The van der Waals surface area contributed by atoms with Crippen molar-refractivity contribution in [2.24, 2.45) is 0 Å². The molecule has 7 nitrogen and oxygen atoms in total. The molecule has 29 heavy (non-hydrogen) atoms. The molecule has 0 saturated carbocycles. The van der Waals surface area contributed by atoms with Crippen molar-refractivity contribution in [2.45, 2.75) is 12.5 Å². The van der Waals surface area contributed by atoms with Gasteiger partial charge in [0.05, 0.1) is 17.4 Å². The Hall–Kier alpha value is -4.00. The fourth-order valence-corrected chi connectivity index (χ4v) is 2.83. The maximum absolute atomic E-state index is 12.6. The Morgan fingerprint density at radius 3 is 2.03 bits per heavy atom. The molecule has 0 aliphatic heterocycles. The van der Waals surface area contributed by atoms with Crippen LogP contribution in [0.4, 0.5) is 11.4 Å². The number of nitro benzene ring substituents is 1. The highest BCUT2D eigenvalue weighted by atomic mass is 16.6. The van der Waals surface area contributed by atoms with Crippen molar-refractivity contribution in [2.75, 3.05) is 5.32 Å². The van der Waals surface area contributed by atoms with Gasteiger partial charge >= 0.3 is 0 Å². The second-order valence-electron chi connectivity index (χ2n) is 6.36. The third kappa shape index (κ3) is 5.49. The van der Waals surface area contributed by atoms with Crippen molar-refractivity contribution in [3.8, 4) is 0 Å². The van der Waals surface area contributed by atoms with E-state index in [1.54, 1.807) is 24.3 Å². The minimum Gasteiger partial charge on any atom is -0.345 e. The number of nitrogens with zero attached hydrogens (tertiary/aromatic N) is 1. The van der Waals surface area contributed by atoms with Crippen molar-refractivity contribution in [1.29, 1.82) is 0 Å². The quantitative estimate of drug-likeness (QED) is 0.469. The maximum atomic E-state index is 12.6. The summed E-state index contributed by atoms with van der Waals surface area (Å²) < 4.78 is 0. The lowest BCUT2D eigenvalue weighted by Crippen LogP contribution is -2.31. The molecule has 0 saturated heterocycles. The first-order valence-corrected chi connectivity index (χ1v) is 8.98. The van der Waals surface area contributed by atoms with Gasteiger partial charge in [-0.25, -0.2) is 0 Å². The van der Waals surface area contributed by atoms with Crippen LogP contribution in [0.3, 0.4) is 0 Å². The number of anilines is 1. The molecule has 0 heterocycles. The Morgan fingerprint density at radius 2 is 1.45 bits per heavy atom. The number of amides is 2. The van der Waals surface area contributed by atoms with Crippen LogP contribution in [0.15, 0.2) is 84.9 Å². The molecule has 146 valence electrons. The van der Waals surface area contributed by atoms with Crippen LogP contribution >= 0.6 is 0 Å². The first-order valence-electron chi connectivity index (χ1n) is 8.98. The Bertz CT molecular complexity index is 990. The molecule has 3 aromatic carbocycles. The molecule has 7 heteroatoms. The van der Waals surface area contributed by atoms with Crippen LogP contribution in [0.2, 0.25) is 0 Å². The van der Waals surface area contributed by atoms with Crippen LogP contribution in [-0.2, 0) is 4.79 Å². The third-order valence-electron chi connectivity index (χ3n) is 4.29. The molecule has 1 atom stereocenters. The summed E-state index contributed by atoms with van der Waals surface area (Å²) in [6.45, 7) is 0. The molecule has 0 aromatic heterocycles. The van der Waals surface area contributed by atoms with E-state index in [9.17, 15) is 19.7 Å². The summed E-state index contributed by atoms with van der Waals surface area (Å²) >= 11 is 0. The number of hydrogen-bond donors (Lipinski definition) is 2. The Balaban J connectivity index is 1.71. The van der Waals surface area contributed by atoms with Gasteiger partial charge in [-0.05, 0) is 29.8 Å². The third-order valence-corrected chi connectivity index (χ3v) is 4.29. The van der Waals surface area contributed by atoms with Crippen LogP contribution < -0.4 is 10.6 Å². The summed E-state index contributed by atoms with van der Waals surface area (Å²) in [6.07, 6.45) is 0.0135. The summed E-state index contributed by atoms with van der Waals surface area (Å²) in [5, 5.41) is 16.3. The zero-order valence-corrected chi connectivity index (χ0v) is 15.4. The van der Waals surface area contributed by atoms with Crippen LogP contribution in [0.1, 0.15) is 28.4 Å². The standard InChI is InChI=1S/C22H19N3O4/c26-21(23-18-11-13-19(14-12-18)25(28)29)15-20(16-7-3-1-4-8-16)24-22(27)17-9-5-2-6-10-17/h1-14,20H,15H2,(H,23,26)(H,24,27). The molecule has 0 fully saturated rings. The second kappa shape index (κ2) is 9.27. The van der Waals surface area contributed by atoms with Crippen molar-refractivity contribution < 1.29 is 14.5 Å². The van der Waals surface area contributed by atoms with E-state index >= 15 is 0 Å². The first-order chi connectivity index (χ1) is 14.0. The smallest absolute Gasteiger partial charge is 0.269 e. The summed E-state index contributed by atoms with van der Waals surface area (Å²) in [6, 6.07) is 23.0. The topological polar surface area (TPSA) is 101 Å². The number of nitro groups is 1. The van der Waals surface area contributed by atoms with Crippen molar-refractivity contribution in [1.82, 2.24) is 5.32 Å². The highest BCUT2D eigenvalue weighted by Gasteiger charge is 2.19. The van der Waals surface area contributed by atoms with E-state index in [-0.39, 0.29) is 23.9 Å². The Morgan fingerprint density at radius 1 is 0.862 bits per heavy atom. The summed E-state index contributed by atoms with van der Waals surface area (Å²) in [4.78, 5) is 35.3. The molecule has 0 spiro atoms. The second-order valence-corrected chi connectivity index (χ2v) is 6.36. The predicted molar refractivity (Wildman–Crippen MR) is 109 cm³/mol. The molecule has 0 bridgehead atoms. The molecule has 1 unspecified atom stereocenters. The van der Waals surface area contributed by atoms with Crippen molar-refractivity contribution in [3.63, 3.8) is 0 Å². The number of rotatable bonds is 7. The van der Waals surface area contributed by atoms with Gasteiger partial charge in [-0.2, -0.15) is 0 Å². The minimum atomic E-state index is -0.526. The average Bonchev–Trinajstić information content (AvgIpc) is 2.75. The minimum absolute atomic E-state index is 0.0135. The van der Waals surface area contributed by atoms with Gasteiger partial charge in [0.1, 0.15) is 0 Å². The summed E-state index contributed by atoms with van der Waals surface area (Å²) in [7, 11) is 0. The van der Waals surface area contributed by atoms with Gasteiger partial charge in [-0.3, -0.25) is 19.7 Å². The van der Waals surface area contributed by atoms with Gasteiger partial charge in [-0.15, -0.1) is 0 Å². The average molecular weight is 389 g/mol. The largest absolute Gasteiger partial charge is 0.345 e. The van der Waals surface area contributed by atoms with Crippen LogP contribution in [0.25, 0.3) is 0 Å². The summed E-state index contributed by atoms with van der Waals surface area (Å²) in [5.74, 6) is -0.594. The zero-order chi connectivity index (χ0) is 20.6. The van der Waals surface area contributed by atoms with Gasteiger partial charge in [-0.1, -0.05) is 48.5 Å². The fraction of sp³-hybridized carbons (Fsp3) is 0.0909. The molecule has 3 rings (SSSR count). The number of benzene rings is 3. The van der Waals surface area contributed by atoms with Gasteiger partial charge in [0.25, 0.3) is 11.6 Å². The van der Waals surface area contributed by atoms with Gasteiger partial charge in [0.15, 0.2) is 0 Å². The molecule has 0 aliphatic carbocycles. The highest BCUT2D eigenvalue weighted by molar-refractivity contribution is 5.95. The molecule has 2 N–H and O–H groups in total. The van der Waals surface area contributed by atoms with Crippen LogP contribution in [-0.4, -0.2) is 16.7 Å². The monoisotopic (exact) mass is 389 g/mol. The number of nitrogens with one attached hydrogen (secondary N) is 2. The van der Waals surface area contributed by atoms with E-state index < -0.39 is 11.0 Å². The first kappa shape index (κ1) is 19.8. The van der Waals surface area contributed by atoms with Gasteiger partial charge < -0.3 is 10.6 Å². The summed E-state index contributed by atoms with van der Waals surface area (Å²) in [5.41, 5.74) is 1.70. The van der Waals surface area contributed by atoms with E-state index in [0.29, 0.717) is 11.3 Å². The van der Waals surface area contributed by atoms with E-state index in [2.05, 4.69) is 10.6 Å². The lowest BCUT2D eigenvalue weighted by molar-refractivity contribution is -0.384. The van der Waals surface area contributed by atoms with Crippen molar-refractivity contribution >= 4 is 23.2 Å². The zero-order valence-electron chi connectivity index (χ0n) is 15.4. The van der Waals surface area contributed by atoms with Gasteiger partial charge in [0.2, 0.25) is 5.91 Å². The normalized spacial score (nSPS) is 11.3. The van der Waals surface area contributed by atoms with Crippen molar-refractivity contribution in [3.05, 3.63) is 106 Å². The number of carbonyl (C=O) groups excluding carboxylic acids is 2. The number of non-ortho nitro benzene ring substituents is 1. The number of carbonyl (C=O) groups is 2. The van der Waals surface area contributed by atoms with E-state index in [1.165, 1.54) is 24.3 Å². The Kier molecular flexibility index (Phi) is 6.32. The van der Waals surface area contributed by atoms with Crippen LogP contribution in [0.5, 0.6) is 0 Å². The Labute approximate surface area is 167 Å². The van der Waals surface area contributed by atoms with E-state index in [0.717, 1.165) is 5.56 Å². The van der Waals surface area contributed by atoms with E-state index in [4.69, 9.17) is 0 Å². The van der Waals surface area contributed by atoms with E-state index in [1.807, 2.05) is 36.4 Å². The molecule has 2 amide bonds. The predicted octanol–water partition coefficient (Wildman–Crippen LogP) is 4.09. The van der Waals surface area contributed by atoms with Gasteiger partial charge in [0, 0.05) is 23.4 Å². The molecule has 3 aromatic rings. The lowest BCUT2D eigenvalue weighted by Gasteiger charge is -2.19. The SMILES string of the molecule is O=C(CC(NC(=O)c1ccccc1)c1ccccc1)Nc1ccc([N+](=O)[O-])cc1. The molecule has 0 aliphatic rings. The number of hydrogen-bond acceptors (Lipinski definition) is 4.